The molecule has 1 fully saturated rings. The first-order valence-electron chi connectivity index (χ1n) is 6.17. The van der Waals surface area contributed by atoms with Crippen LogP contribution in [0.5, 0.6) is 0 Å². The smallest absolute Gasteiger partial charge is 0.104 e. The standard InChI is InChI=1S/C10H16N.C4H8O2.ClH/c1-11(2,3)9-10-7-5-4-6-8-10;1-2-4-6-5-3-1;/h4-8H,9H2,1-3H3;1-4H2;1H/q+1;;/p-1. The molecule has 0 aromatic heterocycles. The van der Waals surface area contributed by atoms with Gasteiger partial charge in [0.2, 0.25) is 0 Å². The van der Waals surface area contributed by atoms with Crippen molar-refractivity contribution in [1.82, 2.24) is 0 Å². The summed E-state index contributed by atoms with van der Waals surface area (Å²) in [6, 6.07) is 10.6. The van der Waals surface area contributed by atoms with Crippen LogP contribution in [0.1, 0.15) is 18.4 Å². The summed E-state index contributed by atoms with van der Waals surface area (Å²) in [5.74, 6) is 0. The zero-order valence-electron chi connectivity index (χ0n) is 11.6. The molecule has 1 aliphatic rings. The number of hydrogen-bond donors (Lipinski definition) is 0. The molecule has 3 nitrogen and oxygen atoms in total. The fourth-order valence-electron chi connectivity index (χ4n) is 1.57. The lowest BCUT2D eigenvalue weighted by Gasteiger charge is -2.23. The molecule has 0 aliphatic carbocycles. The van der Waals surface area contributed by atoms with Crippen molar-refractivity contribution in [3.63, 3.8) is 0 Å². The maximum absolute atomic E-state index is 4.57. The highest BCUT2D eigenvalue weighted by atomic mass is 35.5. The largest absolute Gasteiger partial charge is 1.00 e. The number of halogens is 1. The first-order chi connectivity index (χ1) is 8.08. The molecule has 104 valence electrons. The van der Waals surface area contributed by atoms with Crippen molar-refractivity contribution < 1.29 is 26.7 Å². The number of nitrogens with zero attached hydrogens (tertiary/aromatic N) is 1. The van der Waals surface area contributed by atoms with Gasteiger partial charge in [0.15, 0.2) is 0 Å². The quantitative estimate of drug-likeness (QED) is 0.541. The van der Waals surface area contributed by atoms with Gasteiger partial charge in [-0.1, -0.05) is 30.3 Å². The summed E-state index contributed by atoms with van der Waals surface area (Å²) in [4.78, 5) is 9.14. The third-order valence-electron chi connectivity index (χ3n) is 2.29. The Morgan fingerprint density at radius 3 is 1.78 bits per heavy atom. The van der Waals surface area contributed by atoms with Gasteiger partial charge in [0.05, 0.1) is 34.4 Å². The van der Waals surface area contributed by atoms with Crippen LogP contribution in [-0.4, -0.2) is 38.8 Å². The van der Waals surface area contributed by atoms with E-state index in [-0.39, 0.29) is 12.4 Å². The second-order valence-electron chi connectivity index (χ2n) is 5.29. The van der Waals surface area contributed by atoms with Crippen LogP contribution in [-0.2, 0) is 16.3 Å². The van der Waals surface area contributed by atoms with E-state index in [0.717, 1.165) is 37.1 Å². The summed E-state index contributed by atoms with van der Waals surface area (Å²) in [6.07, 6.45) is 2.31. The first kappa shape index (κ1) is 17.4. The molecule has 4 heteroatoms. The average Bonchev–Trinajstić information content (AvgIpc) is 2.31. The van der Waals surface area contributed by atoms with Gasteiger partial charge in [-0.2, -0.15) is 0 Å². The van der Waals surface area contributed by atoms with Gasteiger partial charge in [-0.3, -0.25) is 0 Å². The molecule has 0 radical (unpaired) electrons. The summed E-state index contributed by atoms with van der Waals surface area (Å²) in [5.41, 5.74) is 1.40. The minimum Gasteiger partial charge on any atom is -1.00 e. The van der Waals surface area contributed by atoms with Crippen LogP contribution in [0, 0.1) is 0 Å². The Labute approximate surface area is 117 Å². The molecule has 1 aromatic carbocycles. The van der Waals surface area contributed by atoms with Gasteiger partial charge in [-0.05, 0) is 12.8 Å². The SMILES string of the molecule is C1CCOOC1.C[N+](C)(C)Cc1ccccc1.[Cl-]. The van der Waals surface area contributed by atoms with Crippen molar-refractivity contribution in [2.24, 2.45) is 0 Å². The highest BCUT2D eigenvalue weighted by Gasteiger charge is 2.06. The zero-order chi connectivity index (χ0) is 12.6. The summed E-state index contributed by atoms with van der Waals surface area (Å²) < 4.78 is 0.990. The lowest BCUT2D eigenvalue weighted by atomic mass is 10.2. The first-order valence-corrected chi connectivity index (χ1v) is 6.17. The van der Waals surface area contributed by atoms with E-state index in [1.807, 2.05) is 0 Å². The Hall–Kier alpha value is -0.610. The lowest BCUT2D eigenvalue weighted by molar-refractivity contribution is -0.884. The maximum Gasteiger partial charge on any atom is 0.104 e. The van der Waals surface area contributed by atoms with Crippen LogP contribution in [0.3, 0.4) is 0 Å². The normalized spacial score (nSPS) is 15.1. The molecule has 1 aromatic rings. The van der Waals surface area contributed by atoms with Crippen molar-refractivity contribution in [2.45, 2.75) is 19.4 Å². The highest BCUT2D eigenvalue weighted by Crippen LogP contribution is 2.05. The molecule has 0 N–H and O–H groups in total. The fraction of sp³-hybridized carbons (Fsp3) is 0.571. The number of rotatable bonds is 2. The number of benzene rings is 1. The fourth-order valence-corrected chi connectivity index (χ4v) is 1.57. The second kappa shape index (κ2) is 9.34. The van der Waals surface area contributed by atoms with Gasteiger partial charge < -0.3 is 16.9 Å². The minimum atomic E-state index is 0. The monoisotopic (exact) mass is 273 g/mol. The van der Waals surface area contributed by atoms with Crippen molar-refractivity contribution in [2.75, 3.05) is 34.4 Å². The van der Waals surface area contributed by atoms with Crippen LogP contribution in [0.2, 0.25) is 0 Å². The third kappa shape index (κ3) is 9.42. The van der Waals surface area contributed by atoms with Crippen LogP contribution in [0.4, 0.5) is 0 Å². The van der Waals surface area contributed by atoms with Crippen molar-refractivity contribution in [3.8, 4) is 0 Å². The van der Waals surface area contributed by atoms with Gasteiger partial charge >= 0.3 is 0 Å². The van der Waals surface area contributed by atoms with Gasteiger partial charge in [0.1, 0.15) is 6.54 Å². The summed E-state index contributed by atoms with van der Waals surface area (Å²) in [6.45, 7) is 2.65. The Bertz CT molecular complexity index is 283. The average molecular weight is 274 g/mol. The van der Waals surface area contributed by atoms with E-state index < -0.39 is 0 Å². The molecule has 0 saturated carbocycles. The molecular weight excluding hydrogens is 250 g/mol. The highest BCUT2D eigenvalue weighted by molar-refractivity contribution is 5.13. The molecule has 0 spiro atoms. The molecule has 2 rings (SSSR count). The lowest BCUT2D eigenvalue weighted by Crippen LogP contribution is -3.00. The van der Waals surface area contributed by atoms with E-state index in [2.05, 4.69) is 61.2 Å². The minimum absolute atomic E-state index is 0. The van der Waals surface area contributed by atoms with Crippen LogP contribution in [0.15, 0.2) is 30.3 Å². The Morgan fingerprint density at radius 2 is 1.44 bits per heavy atom. The van der Waals surface area contributed by atoms with Crippen LogP contribution in [0.25, 0.3) is 0 Å². The van der Waals surface area contributed by atoms with Crippen molar-refractivity contribution in [1.29, 1.82) is 0 Å². The summed E-state index contributed by atoms with van der Waals surface area (Å²) >= 11 is 0. The molecule has 0 amide bonds. The topological polar surface area (TPSA) is 18.5 Å². The van der Waals surface area contributed by atoms with Gasteiger partial charge in [0, 0.05) is 5.56 Å². The van der Waals surface area contributed by atoms with Crippen molar-refractivity contribution >= 4 is 0 Å². The van der Waals surface area contributed by atoms with E-state index in [0.29, 0.717) is 0 Å². The third-order valence-corrected chi connectivity index (χ3v) is 2.29. The van der Waals surface area contributed by atoms with E-state index in [4.69, 9.17) is 0 Å². The Balaban J connectivity index is 0.000000352. The Morgan fingerprint density at radius 1 is 0.944 bits per heavy atom. The van der Waals surface area contributed by atoms with Crippen LogP contribution >= 0.6 is 0 Å². The second-order valence-corrected chi connectivity index (χ2v) is 5.29. The van der Waals surface area contributed by atoms with Crippen molar-refractivity contribution in [3.05, 3.63) is 35.9 Å². The molecular formula is C14H24ClNO2. The molecule has 0 atom stereocenters. The summed E-state index contributed by atoms with van der Waals surface area (Å²) in [7, 11) is 6.60. The van der Waals surface area contributed by atoms with E-state index in [9.17, 15) is 0 Å². The predicted molar refractivity (Wildman–Crippen MR) is 69.3 cm³/mol. The number of hydrogen-bond acceptors (Lipinski definition) is 2. The number of quaternary nitrogens is 1. The van der Waals surface area contributed by atoms with Crippen LogP contribution < -0.4 is 12.4 Å². The van der Waals surface area contributed by atoms with E-state index in [1.165, 1.54) is 5.56 Å². The van der Waals surface area contributed by atoms with E-state index in [1.54, 1.807) is 0 Å². The summed E-state index contributed by atoms with van der Waals surface area (Å²) in [5, 5.41) is 0. The zero-order valence-corrected chi connectivity index (χ0v) is 12.3. The van der Waals surface area contributed by atoms with Gasteiger partial charge in [-0.25, -0.2) is 9.78 Å². The van der Waals surface area contributed by atoms with E-state index >= 15 is 0 Å². The molecule has 1 aliphatic heterocycles. The molecule has 0 bridgehead atoms. The Kier molecular flexibility index (Phi) is 9.02. The molecule has 0 unspecified atom stereocenters. The van der Waals surface area contributed by atoms with Gasteiger partial charge in [0.25, 0.3) is 0 Å². The molecule has 18 heavy (non-hydrogen) atoms. The maximum atomic E-state index is 4.57. The predicted octanol–water partition coefficient (Wildman–Crippen LogP) is -0.375. The molecule has 1 heterocycles. The van der Waals surface area contributed by atoms with Gasteiger partial charge in [-0.15, -0.1) is 0 Å². The molecule has 1 saturated heterocycles.